The van der Waals surface area contributed by atoms with Crippen LogP contribution in [0, 0.1) is 17.8 Å². The Morgan fingerprint density at radius 2 is 1.60 bits per heavy atom. The standard InChI is InChI=1S/C13H26N2/c1-9(2)15-7-11-5-6-12(8-15)13(11)10(3)14-4/h9-14H,5-8H2,1-4H3. The minimum atomic E-state index is 0.705. The number of nitrogens with one attached hydrogen (secondary N) is 1. The Hall–Kier alpha value is -0.0800. The molecule has 0 spiro atoms. The van der Waals surface area contributed by atoms with Gasteiger partial charge in [-0.15, -0.1) is 0 Å². The second-order valence-corrected chi connectivity index (χ2v) is 5.80. The van der Waals surface area contributed by atoms with Crippen molar-refractivity contribution >= 4 is 0 Å². The van der Waals surface area contributed by atoms with Gasteiger partial charge in [-0.2, -0.15) is 0 Å². The van der Waals surface area contributed by atoms with E-state index in [0.717, 1.165) is 23.8 Å². The lowest BCUT2D eigenvalue weighted by Gasteiger charge is -2.42. The van der Waals surface area contributed by atoms with Crippen LogP contribution in [-0.2, 0) is 0 Å². The first-order valence-electron chi connectivity index (χ1n) is 6.54. The third-order valence-corrected chi connectivity index (χ3v) is 4.70. The van der Waals surface area contributed by atoms with Crippen molar-refractivity contribution in [2.45, 2.75) is 45.7 Å². The van der Waals surface area contributed by atoms with E-state index in [9.17, 15) is 0 Å². The molecule has 1 aliphatic heterocycles. The van der Waals surface area contributed by atoms with Gasteiger partial charge in [0.05, 0.1) is 0 Å². The van der Waals surface area contributed by atoms with Crippen molar-refractivity contribution in [3.8, 4) is 0 Å². The zero-order valence-corrected chi connectivity index (χ0v) is 10.7. The molecule has 1 saturated carbocycles. The topological polar surface area (TPSA) is 15.3 Å². The molecule has 88 valence electrons. The summed E-state index contributed by atoms with van der Waals surface area (Å²) in [6, 6.07) is 1.44. The lowest BCUT2D eigenvalue weighted by atomic mass is 9.80. The van der Waals surface area contributed by atoms with Crippen molar-refractivity contribution < 1.29 is 0 Å². The SMILES string of the molecule is CNC(C)C1C2CCC1CN(C(C)C)C2. The van der Waals surface area contributed by atoms with Crippen LogP contribution in [-0.4, -0.2) is 37.1 Å². The Labute approximate surface area is 94.4 Å². The molecule has 1 N–H and O–H groups in total. The van der Waals surface area contributed by atoms with Crippen molar-refractivity contribution in [2.24, 2.45) is 17.8 Å². The maximum atomic E-state index is 3.46. The summed E-state index contributed by atoms with van der Waals surface area (Å²) in [5.41, 5.74) is 0. The fraction of sp³-hybridized carbons (Fsp3) is 1.00. The van der Waals surface area contributed by atoms with E-state index < -0.39 is 0 Å². The van der Waals surface area contributed by atoms with Gasteiger partial charge in [0.2, 0.25) is 0 Å². The second-order valence-electron chi connectivity index (χ2n) is 5.80. The lowest BCUT2D eigenvalue weighted by molar-refractivity contribution is 0.0685. The third-order valence-electron chi connectivity index (χ3n) is 4.70. The van der Waals surface area contributed by atoms with Crippen molar-refractivity contribution in [3.05, 3.63) is 0 Å². The maximum Gasteiger partial charge on any atom is 0.00702 e. The van der Waals surface area contributed by atoms with Crippen LogP contribution in [0.15, 0.2) is 0 Å². The molecule has 2 aliphatic rings. The third kappa shape index (κ3) is 2.07. The molecular weight excluding hydrogens is 184 g/mol. The first-order valence-corrected chi connectivity index (χ1v) is 6.54. The molecule has 2 fully saturated rings. The van der Waals surface area contributed by atoms with Crippen LogP contribution in [0.2, 0.25) is 0 Å². The molecule has 1 aliphatic carbocycles. The van der Waals surface area contributed by atoms with Crippen LogP contribution in [0.25, 0.3) is 0 Å². The fourth-order valence-corrected chi connectivity index (χ4v) is 3.73. The molecular formula is C13H26N2. The molecule has 3 unspecified atom stereocenters. The van der Waals surface area contributed by atoms with Crippen molar-refractivity contribution in [1.29, 1.82) is 0 Å². The highest BCUT2D eigenvalue weighted by Gasteiger charge is 2.44. The molecule has 1 saturated heterocycles. The largest absolute Gasteiger partial charge is 0.317 e. The lowest BCUT2D eigenvalue weighted by Crippen LogP contribution is -2.50. The number of rotatable bonds is 3. The van der Waals surface area contributed by atoms with Crippen molar-refractivity contribution in [1.82, 2.24) is 10.2 Å². The van der Waals surface area contributed by atoms with E-state index in [-0.39, 0.29) is 0 Å². The van der Waals surface area contributed by atoms with Gasteiger partial charge in [-0.25, -0.2) is 0 Å². The molecule has 2 bridgehead atoms. The molecule has 0 radical (unpaired) electrons. The van der Waals surface area contributed by atoms with Crippen LogP contribution in [0.5, 0.6) is 0 Å². The predicted molar refractivity (Wildman–Crippen MR) is 64.9 cm³/mol. The van der Waals surface area contributed by atoms with Crippen LogP contribution in [0.1, 0.15) is 33.6 Å². The number of piperidine rings is 1. The maximum absolute atomic E-state index is 3.46. The van der Waals surface area contributed by atoms with Gasteiger partial charge in [0, 0.05) is 25.2 Å². The highest BCUT2D eigenvalue weighted by atomic mass is 15.2. The Morgan fingerprint density at radius 1 is 1.07 bits per heavy atom. The Kier molecular flexibility index (Phi) is 3.36. The minimum Gasteiger partial charge on any atom is -0.317 e. The highest BCUT2D eigenvalue weighted by Crippen LogP contribution is 2.43. The van der Waals surface area contributed by atoms with Gasteiger partial charge in [0.1, 0.15) is 0 Å². The Morgan fingerprint density at radius 3 is 2.00 bits per heavy atom. The molecule has 15 heavy (non-hydrogen) atoms. The molecule has 2 heteroatoms. The molecule has 2 nitrogen and oxygen atoms in total. The van der Waals surface area contributed by atoms with E-state index >= 15 is 0 Å². The summed E-state index contributed by atoms with van der Waals surface area (Å²) in [6.07, 6.45) is 2.93. The van der Waals surface area contributed by atoms with E-state index in [1.807, 2.05) is 0 Å². The first-order chi connectivity index (χ1) is 7.13. The van der Waals surface area contributed by atoms with Gasteiger partial charge >= 0.3 is 0 Å². The van der Waals surface area contributed by atoms with Gasteiger partial charge in [-0.3, -0.25) is 0 Å². The van der Waals surface area contributed by atoms with Crippen LogP contribution in [0.4, 0.5) is 0 Å². The Bertz CT molecular complexity index is 201. The van der Waals surface area contributed by atoms with E-state index in [4.69, 9.17) is 0 Å². The molecule has 0 aromatic rings. The van der Waals surface area contributed by atoms with E-state index in [2.05, 4.69) is 38.0 Å². The van der Waals surface area contributed by atoms with Gasteiger partial charge in [-0.05, 0) is 58.4 Å². The number of hydrogen-bond donors (Lipinski definition) is 1. The predicted octanol–water partition coefficient (Wildman–Crippen LogP) is 1.96. The summed E-state index contributed by atoms with van der Waals surface area (Å²) < 4.78 is 0. The van der Waals surface area contributed by atoms with Gasteiger partial charge in [0.15, 0.2) is 0 Å². The average Bonchev–Trinajstić information content (AvgIpc) is 2.47. The molecule has 2 rings (SSSR count). The molecule has 1 heterocycles. The molecule has 3 atom stereocenters. The molecule has 0 aromatic carbocycles. The van der Waals surface area contributed by atoms with Crippen molar-refractivity contribution in [2.75, 3.05) is 20.1 Å². The highest BCUT2D eigenvalue weighted by molar-refractivity contribution is 4.97. The quantitative estimate of drug-likeness (QED) is 0.766. The fourth-order valence-electron chi connectivity index (χ4n) is 3.73. The van der Waals surface area contributed by atoms with Crippen molar-refractivity contribution in [3.63, 3.8) is 0 Å². The first kappa shape index (κ1) is 11.4. The monoisotopic (exact) mass is 210 g/mol. The summed E-state index contributed by atoms with van der Waals surface area (Å²) in [5, 5.41) is 3.46. The number of nitrogens with zero attached hydrogens (tertiary/aromatic N) is 1. The number of likely N-dealkylation sites (tertiary alicyclic amines) is 1. The number of hydrogen-bond acceptors (Lipinski definition) is 2. The summed E-state index contributed by atoms with van der Waals surface area (Å²) in [6.45, 7) is 9.71. The van der Waals surface area contributed by atoms with Crippen LogP contribution < -0.4 is 5.32 Å². The van der Waals surface area contributed by atoms with E-state index in [0.29, 0.717) is 6.04 Å². The number of fused-ring (bicyclic) bond motifs is 2. The Balaban J connectivity index is 2.03. The van der Waals surface area contributed by atoms with Gasteiger partial charge in [-0.1, -0.05) is 0 Å². The van der Waals surface area contributed by atoms with Gasteiger partial charge in [0.25, 0.3) is 0 Å². The average molecular weight is 210 g/mol. The van der Waals surface area contributed by atoms with E-state index in [1.54, 1.807) is 0 Å². The normalized spacial score (nSPS) is 38.6. The zero-order chi connectivity index (χ0) is 11.0. The zero-order valence-electron chi connectivity index (χ0n) is 10.7. The summed E-state index contributed by atoms with van der Waals surface area (Å²) in [5.74, 6) is 2.84. The minimum absolute atomic E-state index is 0.705. The van der Waals surface area contributed by atoms with E-state index in [1.165, 1.54) is 25.9 Å². The summed E-state index contributed by atoms with van der Waals surface area (Å²) >= 11 is 0. The van der Waals surface area contributed by atoms with Crippen LogP contribution >= 0.6 is 0 Å². The van der Waals surface area contributed by atoms with Crippen LogP contribution in [0.3, 0.4) is 0 Å². The smallest absolute Gasteiger partial charge is 0.00702 e. The summed E-state index contributed by atoms with van der Waals surface area (Å²) in [7, 11) is 2.11. The molecule has 0 amide bonds. The molecule has 0 aromatic heterocycles. The summed E-state index contributed by atoms with van der Waals surface area (Å²) in [4.78, 5) is 2.68. The van der Waals surface area contributed by atoms with Gasteiger partial charge < -0.3 is 10.2 Å². The second kappa shape index (κ2) is 4.42.